The normalized spacial score (nSPS) is 10.0. The van der Waals surface area contributed by atoms with Gasteiger partial charge in [0.25, 0.3) is 0 Å². The first-order chi connectivity index (χ1) is 7.66. The van der Waals surface area contributed by atoms with Crippen molar-refractivity contribution in [1.29, 1.82) is 0 Å². The summed E-state index contributed by atoms with van der Waals surface area (Å²) in [5.74, 6) is 0.688. The fraction of sp³-hybridized carbons (Fsp3) is 0. The van der Waals surface area contributed by atoms with Gasteiger partial charge in [0.2, 0.25) is 0 Å². The molecule has 0 atom stereocenters. The van der Waals surface area contributed by atoms with Crippen LogP contribution in [0.4, 0.5) is 16.2 Å². The predicted molar refractivity (Wildman–Crippen MR) is 60.2 cm³/mol. The van der Waals surface area contributed by atoms with Gasteiger partial charge in [-0.3, -0.25) is 5.32 Å². The van der Waals surface area contributed by atoms with E-state index in [9.17, 15) is 4.79 Å². The highest BCUT2D eigenvalue weighted by Crippen LogP contribution is 2.27. The number of anilines is 2. The summed E-state index contributed by atoms with van der Waals surface area (Å²) < 4.78 is 5.20. The summed E-state index contributed by atoms with van der Waals surface area (Å²) in [4.78, 5) is 10.4. The predicted octanol–water partition coefficient (Wildman–Crippen LogP) is 2.62. The van der Waals surface area contributed by atoms with E-state index in [1.54, 1.807) is 36.6 Å². The molecule has 4 N–H and O–H groups in total. The van der Waals surface area contributed by atoms with Crippen LogP contribution < -0.4 is 11.1 Å². The lowest BCUT2D eigenvalue weighted by Gasteiger charge is -2.06. The summed E-state index contributed by atoms with van der Waals surface area (Å²) in [5, 5.41) is 10.8. The summed E-state index contributed by atoms with van der Waals surface area (Å²) in [5.41, 5.74) is 7.23. The van der Waals surface area contributed by atoms with Crippen LogP contribution in [0, 0.1) is 0 Å². The summed E-state index contributed by atoms with van der Waals surface area (Å²) >= 11 is 0. The first-order valence-corrected chi connectivity index (χ1v) is 4.60. The van der Waals surface area contributed by atoms with Crippen LogP contribution in [0.5, 0.6) is 0 Å². The van der Waals surface area contributed by atoms with Crippen LogP contribution >= 0.6 is 0 Å². The molecule has 2 aromatic rings. The molecule has 1 heterocycles. The van der Waals surface area contributed by atoms with Crippen molar-refractivity contribution in [3.63, 3.8) is 0 Å². The van der Waals surface area contributed by atoms with E-state index in [0.29, 0.717) is 17.1 Å². The van der Waals surface area contributed by atoms with Crippen LogP contribution in [0.1, 0.15) is 0 Å². The molecule has 0 fully saturated rings. The number of furan rings is 1. The highest BCUT2D eigenvalue weighted by atomic mass is 16.4. The van der Waals surface area contributed by atoms with Gasteiger partial charge in [0.05, 0.1) is 17.6 Å². The Balaban J connectivity index is 2.33. The average Bonchev–Trinajstić information content (AvgIpc) is 2.73. The summed E-state index contributed by atoms with van der Waals surface area (Å²) in [7, 11) is 0. The number of hydrogen-bond acceptors (Lipinski definition) is 3. The number of rotatable bonds is 2. The zero-order valence-corrected chi connectivity index (χ0v) is 8.31. The molecule has 0 bridgehead atoms. The van der Waals surface area contributed by atoms with Crippen molar-refractivity contribution in [2.75, 3.05) is 11.1 Å². The van der Waals surface area contributed by atoms with Gasteiger partial charge in [-0.15, -0.1) is 0 Å². The fourth-order valence-corrected chi connectivity index (χ4v) is 1.39. The lowest BCUT2D eigenvalue weighted by Crippen LogP contribution is -2.09. The number of nitrogen functional groups attached to an aromatic ring is 1. The molecule has 0 saturated carbocycles. The molecule has 0 saturated heterocycles. The van der Waals surface area contributed by atoms with Crippen molar-refractivity contribution in [3.05, 3.63) is 36.6 Å². The molecule has 0 unspecified atom stereocenters. The lowest BCUT2D eigenvalue weighted by molar-refractivity contribution is 0.210. The Bertz CT molecular complexity index is 506. The molecule has 0 aliphatic heterocycles. The van der Waals surface area contributed by atoms with Gasteiger partial charge < -0.3 is 15.3 Å². The van der Waals surface area contributed by atoms with Crippen LogP contribution in [-0.2, 0) is 0 Å². The van der Waals surface area contributed by atoms with Crippen LogP contribution in [-0.4, -0.2) is 11.2 Å². The Labute approximate surface area is 91.5 Å². The Hall–Kier alpha value is -2.43. The van der Waals surface area contributed by atoms with Crippen molar-refractivity contribution in [3.8, 4) is 11.3 Å². The molecular formula is C11H10N2O3. The summed E-state index contributed by atoms with van der Waals surface area (Å²) in [6, 6.07) is 8.57. The van der Waals surface area contributed by atoms with Crippen LogP contribution in [0.15, 0.2) is 41.0 Å². The zero-order valence-electron chi connectivity index (χ0n) is 8.31. The number of hydrogen-bond donors (Lipinski definition) is 3. The van der Waals surface area contributed by atoms with Gasteiger partial charge in [-0.2, -0.15) is 0 Å². The smallest absolute Gasteiger partial charge is 0.409 e. The molecule has 1 amide bonds. The quantitative estimate of drug-likeness (QED) is 0.676. The van der Waals surface area contributed by atoms with E-state index in [1.807, 2.05) is 0 Å². The van der Waals surface area contributed by atoms with E-state index in [2.05, 4.69) is 5.32 Å². The largest absolute Gasteiger partial charge is 0.465 e. The Morgan fingerprint density at radius 2 is 2.19 bits per heavy atom. The van der Waals surface area contributed by atoms with Crippen LogP contribution in [0.3, 0.4) is 0 Å². The van der Waals surface area contributed by atoms with E-state index in [1.165, 1.54) is 0 Å². The molecule has 1 aromatic carbocycles. The Morgan fingerprint density at radius 1 is 1.38 bits per heavy atom. The Kier molecular flexibility index (Phi) is 2.51. The van der Waals surface area contributed by atoms with Gasteiger partial charge in [0.15, 0.2) is 0 Å². The molecule has 16 heavy (non-hydrogen) atoms. The van der Waals surface area contributed by atoms with Gasteiger partial charge in [0, 0.05) is 5.56 Å². The molecule has 0 radical (unpaired) electrons. The highest BCUT2D eigenvalue weighted by Gasteiger charge is 2.06. The van der Waals surface area contributed by atoms with Crippen molar-refractivity contribution in [2.45, 2.75) is 0 Å². The van der Waals surface area contributed by atoms with Crippen molar-refractivity contribution in [1.82, 2.24) is 0 Å². The first-order valence-electron chi connectivity index (χ1n) is 4.60. The monoisotopic (exact) mass is 218 g/mol. The first kappa shape index (κ1) is 10.1. The number of nitrogens with two attached hydrogens (primary N) is 1. The van der Waals surface area contributed by atoms with Crippen molar-refractivity contribution in [2.24, 2.45) is 0 Å². The molecule has 0 aliphatic rings. The van der Waals surface area contributed by atoms with E-state index in [-0.39, 0.29) is 0 Å². The Morgan fingerprint density at radius 3 is 2.75 bits per heavy atom. The topological polar surface area (TPSA) is 88.5 Å². The molecule has 82 valence electrons. The number of carboxylic acid groups (broad SMARTS) is 1. The number of carbonyl (C=O) groups is 1. The molecular weight excluding hydrogens is 208 g/mol. The average molecular weight is 218 g/mol. The summed E-state index contributed by atoms with van der Waals surface area (Å²) in [6.07, 6.45) is 0.423. The van der Waals surface area contributed by atoms with E-state index in [4.69, 9.17) is 15.3 Å². The third-order valence-electron chi connectivity index (χ3n) is 2.10. The van der Waals surface area contributed by atoms with Gasteiger partial charge in [0.1, 0.15) is 5.76 Å². The molecule has 2 rings (SSSR count). The molecule has 5 nitrogen and oxygen atoms in total. The standard InChI is InChI=1S/C11H10N2O3/c12-8-6-7(10-2-1-5-16-10)3-4-9(8)13-11(14)15/h1-6,13H,12H2,(H,14,15). The van der Waals surface area contributed by atoms with Gasteiger partial charge in [-0.05, 0) is 30.3 Å². The van der Waals surface area contributed by atoms with E-state index < -0.39 is 6.09 Å². The second kappa shape index (κ2) is 3.98. The third kappa shape index (κ3) is 1.98. The maximum Gasteiger partial charge on any atom is 0.409 e. The van der Waals surface area contributed by atoms with Gasteiger partial charge >= 0.3 is 6.09 Å². The second-order valence-corrected chi connectivity index (χ2v) is 3.21. The zero-order chi connectivity index (χ0) is 11.5. The van der Waals surface area contributed by atoms with E-state index in [0.717, 1.165) is 5.56 Å². The molecule has 0 spiro atoms. The van der Waals surface area contributed by atoms with Crippen molar-refractivity contribution < 1.29 is 14.3 Å². The summed E-state index contributed by atoms with van der Waals surface area (Å²) in [6.45, 7) is 0. The van der Waals surface area contributed by atoms with Crippen molar-refractivity contribution >= 4 is 17.5 Å². The SMILES string of the molecule is Nc1cc(-c2ccco2)ccc1NC(=O)O. The fourth-order valence-electron chi connectivity index (χ4n) is 1.39. The molecule has 5 heteroatoms. The van der Waals surface area contributed by atoms with Gasteiger partial charge in [-0.25, -0.2) is 4.79 Å². The van der Waals surface area contributed by atoms with E-state index >= 15 is 0 Å². The number of nitrogens with one attached hydrogen (secondary N) is 1. The number of benzene rings is 1. The molecule has 1 aromatic heterocycles. The third-order valence-corrected chi connectivity index (χ3v) is 2.10. The van der Waals surface area contributed by atoms with Gasteiger partial charge in [-0.1, -0.05) is 0 Å². The molecule has 0 aliphatic carbocycles. The minimum Gasteiger partial charge on any atom is -0.465 e. The number of amides is 1. The maximum absolute atomic E-state index is 10.4. The minimum absolute atomic E-state index is 0.358. The van der Waals surface area contributed by atoms with Crippen LogP contribution in [0.2, 0.25) is 0 Å². The highest BCUT2D eigenvalue weighted by molar-refractivity contribution is 5.88. The second-order valence-electron chi connectivity index (χ2n) is 3.21. The maximum atomic E-state index is 10.4. The lowest BCUT2D eigenvalue weighted by atomic mass is 10.1. The minimum atomic E-state index is -1.14. The van der Waals surface area contributed by atoms with Crippen LogP contribution in [0.25, 0.3) is 11.3 Å².